The molecule has 5 aliphatic rings. The molecule has 6 unspecified atom stereocenters. The average Bonchev–Trinajstić information content (AvgIpc) is 3.39. The number of hydrogen-bond donors (Lipinski definition) is 1. The van der Waals surface area contributed by atoms with Crippen LogP contribution in [0.2, 0.25) is 0 Å². The highest BCUT2D eigenvalue weighted by Gasteiger charge is 2.60. The molecule has 0 aromatic heterocycles. The van der Waals surface area contributed by atoms with Crippen LogP contribution in [0.15, 0.2) is 0 Å². The molecule has 4 saturated heterocycles. The van der Waals surface area contributed by atoms with E-state index >= 15 is 0 Å². The molecule has 1 N–H and O–H groups in total. The van der Waals surface area contributed by atoms with Crippen molar-refractivity contribution >= 4 is 23.5 Å². The van der Waals surface area contributed by atoms with Crippen LogP contribution in [0.1, 0.15) is 32.6 Å². The van der Waals surface area contributed by atoms with Gasteiger partial charge < -0.3 is 24.1 Å². The Morgan fingerprint density at radius 3 is 1.62 bits per heavy atom. The number of aliphatic hydroxyl groups is 1. The highest BCUT2D eigenvalue weighted by Crippen LogP contribution is 2.46. The quantitative estimate of drug-likeness (QED) is 0.793. The van der Waals surface area contributed by atoms with Gasteiger partial charge in [0, 0.05) is 5.92 Å². The Labute approximate surface area is 151 Å². The molecule has 0 radical (unpaired) electrons. The smallest absolute Gasteiger partial charge is 0.170 e. The fraction of sp³-hybridized carbons (Fsp3) is 1.00. The summed E-state index contributed by atoms with van der Waals surface area (Å²) in [5, 5.41) is 11.7. The number of hydrogen-bond acceptors (Lipinski definition) is 7. The van der Waals surface area contributed by atoms with Gasteiger partial charge in [0.05, 0.1) is 22.7 Å². The second kappa shape index (κ2) is 6.59. The van der Waals surface area contributed by atoms with Gasteiger partial charge in [0.15, 0.2) is 12.6 Å². The van der Waals surface area contributed by atoms with E-state index in [1.54, 1.807) is 0 Å². The SMILES string of the molecule is CC1[C@H]2OC(C3CCCS3)O[C@H]2C(O)[C@@H]2OC(C3CCCS3)O[C@@H]12. The van der Waals surface area contributed by atoms with Gasteiger partial charge in [-0.05, 0) is 37.2 Å². The molecule has 0 bridgehead atoms. The van der Waals surface area contributed by atoms with Crippen LogP contribution in [0, 0.1) is 5.92 Å². The summed E-state index contributed by atoms with van der Waals surface area (Å²) in [4.78, 5) is 0. The Morgan fingerprint density at radius 2 is 1.21 bits per heavy atom. The lowest BCUT2D eigenvalue weighted by molar-refractivity contribution is -0.130. The molecule has 1 saturated carbocycles. The highest BCUT2D eigenvalue weighted by atomic mass is 32.2. The van der Waals surface area contributed by atoms with Gasteiger partial charge in [-0.25, -0.2) is 0 Å². The molecule has 10 atom stereocenters. The molecule has 24 heavy (non-hydrogen) atoms. The Kier molecular flexibility index (Phi) is 4.57. The first-order chi connectivity index (χ1) is 11.7. The fourth-order valence-electron chi connectivity index (χ4n) is 4.75. The van der Waals surface area contributed by atoms with Crippen LogP contribution in [0.25, 0.3) is 0 Å². The van der Waals surface area contributed by atoms with Gasteiger partial charge in [-0.3, -0.25) is 0 Å². The Hall–Kier alpha value is 0.500. The largest absolute Gasteiger partial charge is 0.387 e. The van der Waals surface area contributed by atoms with Gasteiger partial charge in [0.1, 0.15) is 18.3 Å². The first-order valence-electron chi connectivity index (χ1n) is 9.25. The second-order valence-corrected chi connectivity index (χ2v) is 10.3. The maximum absolute atomic E-state index is 10.9. The summed E-state index contributed by atoms with van der Waals surface area (Å²) < 4.78 is 24.8. The molecular weight excluding hydrogens is 348 g/mol. The van der Waals surface area contributed by atoms with Crippen molar-refractivity contribution in [2.75, 3.05) is 11.5 Å². The van der Waals surface area contributed by atoms with Crippen LogP contribution in [0.3, 0.4) is 0 Å². The maximum Gasteiger partial charge on any atom is 0.170 e. The van der Waals surface area contributed by atoms with E-state index in [1.165, 1.54) is 24.3 Å². The Balaban J connectivity index is 1.30. The van der Waals surface area contributed by atoms with Crippen molar-refractivity contribution in [2.45, 2.75) is 86.2 Å². The van der Waals surface area contributed by atoms with Crippen molar-refractivity contribution in [1.82, 2.24) is 0 Å². The van der Waals surface area contributed by atoms with Crippen molar-refractivity contribution in [3.63, 3.8) is 0 Å². The van der Waals surface area contributed by atoms with Crippen LogP contribution in [-0.4, -0.2) is 70.2 Å². The average molecular weight is 375 g/mol. The third kappa shape index (κ3) is 2.66. The topological polar surface area (TPSA) is 57.2 Å². The zero-order chi connectivity index (χ0) is 16.3. The number of rotatable bonds is 2. The standard InChI is InChI=1S/C17H26O5S2/c1-8-12-14(21-16(19-12)9-4-2-6-23-9)11(18)15-13(8)20-17(22-15)10-5-3-7-24-10/h8-18H,2-7H2,1H3/t8?,9?,10?,11?,12-,13+,14-,15-,16?,17?/m0/s1. The summed E-state index contributed by atoms with van der Waals surface area (Å²) in [6, 6.07) is 0. The van der Waals surface area contributed by atoms with Crippen LogP contribution >= 0.6 is 23.5 Å². The first kappa shape index (κ1) is 16.7. The highest BCUT2D eigenvalue weighted by molar-refractivity contribution is 8.00. The summed E-state index contributed by atoms with van der Waals surface area (Å²) >= 11 is 3.86. The van der Waals surface area contributed by atoms with E-state index in [0.717, 1.165) is 12.8 Å². The molecular formula is C17H26O5S2. The molecule has 7 heteroatoms. The van der Waals surface area contributed by atoms with E-state index in [1.807, 2.05) is 23.5 Å². The number of thioether (sulfide) groups is 2. The van der Waals surface area contributed by atoms with Gasteiger partial charge in [0.2, 0.25) is 0 Å². The minimum Gasteiger partial charge on any atom is -0.387 e. The van der Waals surface area contributed by atoms with E-state index in [4.69, 9.17) is 18.9 Å². The minimum absolute atomic E-state index is 0.0916. The van der Waals surface area contributed by atoms with E-state index in [-0.39, 0.29) is 42.9 Å². The summed E-state index contributed by atoms with van der Waals surface area (Å²) in [5.41, 5.74) is 0. The van der Waals surface area contributed by atoms with Crippen LogP contribution in [0.5, 0.6) is 0 Å². The molecule has 1 aliphatic carbocycles. The minimum atomic E-state index is -0.663. The van der Waals surface area contributed by atoms with Gasteiger partial charge in [-0.2, -0.15) is 23.5 Å². The third-order valence-electron chi connectivity index (χ3n) is 6.06. The molecule has 0 aromatic carbocycles. The molecule has 0 amide bonds. The van der Waals surface area contributed by atoms with Crippen molar-refractivity contribution in [2.24, 2.45) is 5.92 Å². The van der Waals surface area contributed by atoms with E-state index in [0.29, 0.717) is 10.5 Å². The molecule has 5 fully saturated rings. The molecule has 0 aromatic rings. The summed E-state index contributed by atoms with van der Waals surface area (Å²) in [5.74, 6) is 2.54. The molecule has 4 aliphatic heterocycles. The summed E-state index contributed by atoms with van der Waals surface area (Å²) in [7, 11) is 0. The van der Waals surface area contributed by atoms with Crippen molar-refractivity contribution in [3.8, 4) is 0 Å². The van der Waals surface area contributed by atoms with Gasteiger partial charge in [0.25, 0.3) is 0 Å². The lowest BCUT2D eigenvalue weighted by atomic mass is 9.80. The Bertz CT molecular complexity index is 402. The van der Waals surface area contributed by atoms with E-state index in [2.05, 4.69) is 6.92 Å². The number of fused-ring (bicyclic) bond motifs is 2. The van der Waals surface area contributed by atoms with Gasteiger partial charge in [-0.15, -0.1) is 0 Å². The summed E-state index contributed by atoms with van der Waals surface area (Å²) in [6.07, 6.45) is 2.93. The zero-order valence-electron chi connectivity index (χ0n) is 13.9. The van der Waals surface area contributed by atoms with Crippen LogP contribution in [0.4, 0.5) is 0 Å². The van der Waals surface area contributed by atoms with E-state index < -0.39 is 6.10 Å². The lowest BCUT2D eigenvalue weighted by Gasteiger charge is -2.39. The van der Waals surface area contributed by atoms with Gasteiger partial charge in [-0.1, -0.05) is 6.92 Å². The second-order valence-electron chi connectivity index (χ2n) is 7.59. The molecule has 136 valence electrons. The normalized spacial score (nSPS) is 57.2. The molecule has 4 heterocycles. The molecule has 5 rings (SSSR count). The summed E-state index contributed by atoms with van der Waals surface area (Å²) in [6.45, 7) is 2.16. The van der Waals surface area contributed by atoms with E-state index in [9.17, 15) is 5.11 Å². The zero-order valence-corrected chi connectivity index (χ0v) is 15.5. The monoisotopic (exact) mass is 374 g/mol. The van der Waals surface area contributed by atoms with Crippen molar-refractivity contribution in [3.05, 3.63) is 0 Å². The van der Waals surface area contributed by atoms with Gasteiger partial charge >= 0.3 is 0 Å². The molecule has 0 spiro atoms. The van der Waals surface area contributed by atoms with Crippen LogP contribution < -0.4 is 0 Å². The van der Waals surface area contributed by atoms with Crippen molar-refractivity contribution in [1.29, 1.82) is 0 Å². The van der Waals surface area contributed by atoms with Crippen LogP contribution in [-0.2, 0) is 18.9 Å². The maximum atomic E-state index is 10.9. The predicted octanol–water partition coefficient (Wildman–Crippen LogP) is 2.01. The predicted molar refractivity (Wildman–Crippen MR) is 93.2 cm³/mol. The Morgan fingerprint density at radius 1 is 0.750 bits per heavy atom. The number of ether oxygens (including phenoxy) is 4. The molecule has 5 nitrogen and oxygen atoms in total. The first-order valence-corrected chi connectivity index (χ1v) is 11.4. The van der Waals surface area contributed by atoms with Crippen molar-refractivity contribution < 1.29 is 24.1 Å². The third-order valence-corrected chi connectivity index (χ3v) is 8.88. The fourth-order valence-corrected chi connectivity index (χ4v) is 7.26. The lowest BCUT2D eigenvalue weighted by Crippen LogP contribution is -2.57. The number of aliphatic hydroxyl groups excluding tert-OH is 1.